The predicted octanol–water partition coefficient (Wildman–Crippen LogP) is 2.37. The zero-order chi connectivity index (χ0) is 18.7. The second kappa shape index (κ2) is 11.9. The Labute approximate surface area is 148 Å². The number of amides is 2. The first-order valence-electron chi connectivity index (χ1n) is 7.86. The fourth-order valence-corrected chi connectivity index (χ4v) is 2.10. The van der Waals surface area contributed by atoms with Crippen molar-refractivity contribution < 1.29 is 23.3 Å². The second-order valence-corrected chi connectivity index (χ2v) is 6.54. The van der Waals surface area contributed by atoms with Crippen molar-refractivity contribution in [1.82, 2.24) is 10.2 Å². The van der Waals surface area contributed by atoms with Gasteiger partial charge in [0.05, 0.1) is 6.04 Å². The van der Waals surface area contributed by atoms with Gasteiger partial charge >= 0.3 is 6.09 Å². The van der Waals surface area contributed by atoms with E-state index in [9.17, 15) is 14.4 Å². The van der Waals surface area contributed by atoms with Gasteiger partial charge in [0.15, 0.2) is 11.9 Å². The summed E-state index contributed by atoms with van der Waals surface area (Å²) < 4.78 is 10.6. The van der Waals surface area contributed by atoms with Crippen LogP contribution in [0, 0.1) is 5.92 Å². The molecule has 0 rings (SSSR count). The van der Waals surface area contributed by atoms with Crippen molar-refractivity contribution in [2.24, 2.45) is 5.92 Å². The highest BCUT2D eigenvalue weighted by Crippen LogP contribution is 2.15. The zero-order valence-electron chi connectivity index (χ0n) is 15.2. The minimum absolute atomic E-state index is 0.0288. The lowest BCUT2D eigenvalue weighted by Gasteiger charge is -2.31. The van der Waals surface area contributed by atoms with Crippen LogP contribution in [0.15, 0.2) is 12.2 Å². The maximum Gasteiger partial charge on any atom is 0.407 e. The molecule has 0 spiro atoms. The third kappa shape index (κ3) is 8.35. The average Bonchev–Trinajstić information content (AvgIpc) is 2.53. The SMILES string of the molecule is CCSOCN(C(=O)C(OC(=O)NC)C(C)C)C(C)/C=C/C(C)=O. The van der Waals surface area contributed by atoms with Crippen LogP contribution in [0.1, 0.15) is 34.6 Å². The molecule has 0 saturated carbocycles. The molecule has 0 aliphatic heterocycles. The van der Waals surface area contributed by atoms with Crippen molar-refractivity contribution in [3.05, 3.63) is 12.2 Å². The predicted molar refractivity (Wildman–Crippen MR) is 94.4 cm³/mol. The number of carbonyl (C=O) groups excluding carboxylic acids is 3. The number of hydrogen-bond donors (Lipinski definition) is 1. The van der Waals surface area contributed by atoms with Gasteiger partial charge in [0.25, 0.3) is 5.91 Å². The molecule has 7 nitrogen and oxygen atoms in total. The molecular formula is C16H28N2O5S. The van der Waals surface area contributed by atoms with Gasteiger partial charge in [-0.2, -0.15) is 0 Å². The molecule has 0 heterocycles. The Kier molecular flexibility index (Phi) is 11.1. The summed E-state index contributed by atoms with van der Waals surface area (Å²) in [6.07, 6.45) is 1.42. The molecule has 0 saturated heterocycles. The summed E-state index contributed by atoms with van der Waals surface area (Å²) in [5.74, 6) is 0.0495. The summed E-state index contributed by atoms with van der Waals surface area (Å²) >= 11 is 1.23. The quantitative estimate of drug-likeness (QED) is 0.279. The molecule has 2 unspecified atom stereocenters. The fourth-order valence-electron chi connectivity index (χ4n) is 1.75. The van der Waals surface area contributed by atoms with Gasteiger partial charge in [0, 0.05) is 12.8 Å². The van der Waals surface area contributed by atoms with Gasteiger partial charge in [-0.3, -0.25) is 13.8 Å². The third-order valence-electron chi connectivity index (χ3n) is 3.06. The number of allylic oxidation sites excluding steroid dienone is 1. The van der Waals surface area contributed by atoms with E-state index in [4.69, 9.17) is 8.92 Å². The van der Waals surface area contributed by atoms with E-state index in [1.807, 2.05) is 6.92 Å². The van der Waals surface area contributed by atoms with Crippen molar-refractivity contribution in [3.8, 4) is 0 Å². The lowest BCUT2D eigenvalue weighted by molar-refractivity contribution is -0.146. The summed E-state index contributed by atoms with van der Waals surface area (Å²) in [6, 6.07) is -0.381. The summed E-state index contributed by atoms with van der Waals surface area (Å²) in [6.45, 7) is 8.75. The molecule has 0 radical (unpaired) electrons. The number of nitrogens with one attached hydrogen (secondary N) is 1. The molecule has 0 aromatic rings. The van der Waals surface area contributed by atoms with E-state index < -0.39 is 12.2 Å². The average molecular weight is 360 g/mol. The van der Waals surface area contributed by atoms with Crippen LogP contribution in [0.3, 0.4) is 0 Å². The van der Waals surface area contributed by atoms with Crippen LogP contribution in [0.2, 0.25) is 0 Å². The van der Waals surface area contributed by atoms with E-state index in [1.165, 1.54) is 37.0 Å². The normalized spacial score (nSPS) is 13.6. The number of ether oxygens (including phenoxy) is 1. The Morgan fingerprint density at radius 1 is 1.25 bits per heavy atom. The molecule has 0 fully saturated rings. The zero-order valence-corrected chi connectivity index (χ0v) is 16.0. The van der Waals surface area contributed by atoms with Gasteiger partial charge in [-0.15, -0.1) is 0 Å². The first kappa shape index (κ1) is 22.5. The van der Waals surface area contributed by atoms with Gasteiger partial charge in [-0.05, 0) is 37.9 Å². The van der Waals surface area contributed by atoms with Crippen molar-refractivity contribution in [2.75, 3.05) is 19.5 Å². The van der Waals surface area contributed by atoms with E-state index in [-0.39, 0.29) is 30.4 Å². The molecular weight excluding hydrogens is 332 g/mol. The smallest absolute Gasteiger partial charge is 0.407 e. The van der Waals surface area contributed by atoms with Crippen LogP contribution in [0.5, 0.6) is 0 Å². The second-order valence-electron chi connectivity index (χ2n) is 5.49. The molecule has 0 bridgehead atoms. The lowest BCUT2D eigenvalue weighted by atomic mass is 10.1. The molecule has 0 aliphatic carbocycles. The molecule has 8 heteroatoms. The molecule has 138 valence electrons. The first-order chi connectivity index (χ1) is 11.2. The van der Waals surface area contributed by atoms with Crippen LogP contribution in [-0.4, -0.2) is 54.4 Å². The van der Waals surface area contributed by atoms with Crippen molar-refractivity contribution >= 4 is 29.8 Å². The van der Waals surface area contributed by atoms with Crippen LogP contribution in [-0.2, 0) is 18.5 Å². The highest BCUT2D eigenvalue weighted by atomic mass is 32.2. The Hall–Kier alpha value is -1.54. The largest absolute Gasteiger partial charge is 0.436 e. The monoisotopic (exact) mass is 360 g/mol. The summed E-state index contributed by atoms with van der Waals surface area (Å²) in [5, 5.41) is 2.34. The highest BCUT2D eigenvalue weighted by Gasteiger charge is 2.32. The third-order valence-corrected chi connectivity index (χ3v) is 3.57. The van der Waals surface area contributed by atoms with Crippen molar-refractivity contribution in [2.45, 2.75) is 46.8 Å². The van der Waals surface area contributed by atoms with Gasteiger partial charge < -0.3 is 15.0 Å². The standard InChI is InChI=1S/C16H28N2O5S/c1-7-24-22-10-18(12(4)8-9-13(5)19)15(20)14(11(2)3)23-16(21)17-6/h8-9,11-12,14H,7,10H2,1-6H3,(H,17,21)/b9-8+. The van der Waals surface area contributed by atoms with E-state index in [0.29, 0.717) is 0 Å². The molecule has 0 aromatic heterocycles. The van der Waals surface area contributed by atoms with Crippen LogP contribution in [0.25, 0.3) is 0 Å². The Bertz CT molecular complexity index is 454. The number of hydrogen-bond acceptors (Lipinski definition) is 6. The number of nitrogens with zero attached hydrogens (tertiary/aromatic N) is 1. The maximum atomic E-state index is 12.8. The molecule has 24 heavy (non-hydrogen) atoms. The van der Waals surface area contributed by atoms with E-state index in [1.54, 1.807) is 26.8 Å². The van der Waals surface area contributed by atoms with E-state index in [0.717, 1.165) is 5.75 Å². The first-order valence-corrected chi connectivity index (χ1v) is 8.77. The number of carbonyl (C=O) groups is 3. The van der Waals surface area contributed by atoms with Crippen LogP contribution >= 0.6 is 12.0 Å². The van der Waals surface area contributed by atoms with Gasteiger partial charge in [0.1, 0.15) is 6.73 Å². The van der Waals surface area contributed by atoms with Gasteiger partial charge in [-0.25, -0.2) is 4.79 Å². The molecule has 0 aromatic carbocycles. The minimum Gasteiger partial charge on any atom is -0.436 e. The molecule has 0 aliphatic rings. The van der Waals surface area contributed by atoms with Crippen molar-refractivity contribution in [3.63, 3.8) is 0 Å². The Balaban J connectivity index is 5.28. The van der Waals surface area contributed by atoms with Crippen molar-refractivity contribution in [1.29, 1.82) is 0 Å². The fraction of sp³-hybridized carbons (Fsp3) is 0.688. The topological polar surface area (TPSA) is 84.9 Å². The Morgan fingerprint density at radius 3 is 2.33 bits per heavy atom. The van der Waals surface area contributed by atoms with E-state index >= 15 is 0 Å². The summed E-state index contributed by atoms with van der Waals surface area (Å²) in [4.78, 5) is 36.9. The van der Waals surface area contributed by atoms with Gasteiger partial charge in [0.2, 0.25) is 0 Å². The Morgan fingerprint density at radius 2 is 1.88 bits per heavy atom. The highest BCUT2D eigenvalue weighted by molar-refractivity contribution is 7.94. The van der Waals surface area contributed by atoms with E-state index in [2.05, 4.69) is 5.32 Å². The molecule has 2 atom stereocenters. The van der Waals surface area contributed by atoms with Gasteiger partial charge in [-0.1, -0.05) is 26.8 Å². The molecule has 1 N–H and O–H groups in total. The number of alkyl carbamates (subject to hydrolysis) is 1. The molecule has 2 amide bonds. The minimum atomic E-state index is -0.937. The number of ketones is 1. The number of rotatable bonds is 10. The maximum absolute atomic E-state index is 12.8. The van der Waals surface area contributed by atoms with Crippen LogP contribution < -0.4 is 5.32 Å². The summed E-state index contributed by atoms with van der Waals surface area (Å²) in [5.41, 5.74) is 0. The summed E-state index contributed by atoms with van der Waals surface area (Å²) in [7, 11) is 1.43. The van der Waals surface area contributed by atoms with Crippen LogP contribution in [0.4, 0.5) is 4.79 Å². The lowest BCUT2D eigenvalue weighted by Crippen LogP contribution is -2.48.